The minimum Gasteiger partial charge on any atom is -0.462 e. The molecule has 84 heavy (non-hydrogen) atoms. The van der Waals surface area contributed by atoms with Crippen molar-refractivity contribution in [1.82, 2.24) is 0 Å². The molecule has 0 fully saturated rings. The van der Waals surface area contributed by atoms with Crippen LogP contribution in [0.1, 0.15) is 330 Å². The molecule has 0 saturated carbocycles. The second-order valence-electron chi connectivity index (χ2n) is 24.0. The summed E-state index contributed by atoms with van der Waals surface area (Å²) in [5, 5.41) is 10.5. The van der Waals surface area contributed by atoms with Gasteiger partial charge in [-0.15, -0.1) is 0 Å². The smallest absolute Gasteiger partial charge is 0.462 e. The molecule has 0 amide bonds. The highest BCUT2D eigenvalue weighted by atomic mass is 31.2. The monoisotopic (exact) mass is 1240 g/mol. The highest BCUT2D eigenvalue weighted by Gasteiger charge is 2.30. The minimum atomic E-state index is -4.94. The van der Waals surface area contributed by atoms with Crippen molar-refractivity contribution in [3.63, 3.8) is 0 Å². The number of hydrogen-bond acceptors (Lipinski definition) is 15. The van der Waals surface area contributed by atoms with Crippen molar-refractivity contribution in [2.24, 2.45) is 5.92 Å². The molecule has 17 nitrogen and oxygen atoms in total. The fraction of sp³-hybridized carbons (Fsp3) is 0.938. The van der Waals surface area contributed by atoms with Gasteiger partial charge in [-0.05, 0) is 31.6 Å². The maximum absolute atomic E-state index is 13.0. The van der Waals surface area contributed by atoms with Gasteiger partial charge in [0.15, 0.2) is 12.2 Å². The third-order valence-corrected chi connectivity index (χ3v) is 16.9. The largest absolute Gasteiger partial charge is 0.472 e. The van der Waals surface area contributed by atoms with Gasteiger partial charge in [0.1, 0.15) is 19.3 Å². The third kappa shape index (κ3) is 59.0. The van der Waals surface area contributed by atoms with Crippen molar-refractivity contribution in [3.05, 3.63) is 0 Å². The van der Waals surface area contributed by atoms with Crippen LogP contribution in [-0.4, -0.2) is 96.7 Å². The molecule has 0 aromatic heterocycles. The maximum atomic E-state index is 13.0. The molecule has 0 saturated heterocycles. The number of esters is 4. The molecule has 0 aromatic rings. The molecule has 3 N–H and O–H groups in total. The van der Waals surface area contributed by atoms with Gasteiger partial charge in [0, 0.05) is 25.7 Å². The maximum Gasteiger partial charge on any atom is 0.472 e. The van der Waals surface area contributed by atoms with Crippen LogP contribution in [0.25, 0.3) is 0 Å². The zero-order chi connectivity index (χ0) is 62.0. The van der Waals surface area contributed by atoms with Crippen LogP contribution in [0.5, 0.6) is 0 Å². The van der Waals surface area contributed by atoms with Crippen LogP contribution in [0.2, 0.25) is 0 Å². The molecule has 5 atom stereocenters. The second kappa shape index (κ2) is 58.7. The Kier molecular flexibility index (Phi) is 57.4. The molecule has 0 spiro atoms. The van der Waals surface area contributed by atoms with Crippen molar-refractivity contribution in [1.29, 1.82) is 0 Å². The minimum absolute atomic E-state index is 0.104. The average Bonchev–Trinajstić information content (AvgIpc) is 3.48. The van der Waals surface area contributed by atoms with Gasteiger partial charge in [0.25, 0.3) is 0 Å². The number of hydrogen-bond donors (Lipinski definition) is 3. The predicted molar refractivity (Wildman–Crippen MR) is 335 cm³/mol. The Morgan fingerprint density at radius 1 is 0.321 bits per heavy atom. The van der Waals surface area contributed by atoms with E-state index in [4.69, 9.17) is 37.0 Å². The lowest BCUT2D eigenvalue weighted by Gasteiger charge is -2.21. The van der Waals surface area contributed by atoms with E-state index in [9.17, 15) is 43.2 Å². The molecule has 19 heteroatoms. The summed E-state index contributed by atoms with van der Waals surface area (Å²) in [5.74, 6) is -1.33. The number of ether oxygens (including phenoxy) is 4. The van der Waals surface area contributed by atoms with Crippen LogP contribution >= 0.6 is 15.6 Å². The lowest BCUT2D eigenvalue weighted by atomic mass is 10.0. The number of aliphatic hydroxyl groups is 1. The number of aliphatic hydroxyl groups excluding tert-OH is 1. The lowest BCUT2D eigenvalue weighted by Crippen LogP contribution is -2.30. The number of phosphoric acid groups is 2. The highest BCUT2D eigenvalue weighted by molar-refractivity contribution is 7.47. The number of carbonyl (C=O) groups is 4. The fourth-order valence-electron chi connectivity index (χ4n) is 9.76. The number of phosphoric ester groups is 2. The quantitative estimate of drug-likeness (QED) is 0.0222. The van der Waals surface area contributed by atoms with Crippen LogP contribution < -0.4 is 0 Å². The number of unbranched alkanes of at least 4 members (excludes halogenated alkanes) is 37. The highest BCUT2D eigenvalue weighted by Crippen LogP contribution is 2.45. The summed E-state index contributed by atoms with van der Waals surface area (Å²) in [6.07, 6.45) is 43.5. The summed E-state index contributed by atoms with van der Waals surface area (Å²) >= 11 is 0. The second-order valence-corrected chi connectivity index (χ2v) is 26.9. The Morgan fingerprint density at radius 2 is 0.548 bits per heavy atom. The van der Waals surface area contributed by atoms with E-state index in [0.717, 1.165) is 109 Å². The summed E-state index contributed by atoms with van der Waals surface area (Å²) < 4.78 is 67.8. The van der Waals surface area contributed by atoms with E-state index in [1.807, 2.05) is 0 Å². The van der Waals surface area contributed by atoms with Gasteiger partial charge in [-0.3, -0.25) is 37.3 Å². The number of rotatable bonds is 65. The van der Waals surface area contributed by atoms with Crippen LogP contribution in [0.3, 0.4) is 0 Å². The van der Waals surface area contributed by atoms with Crippen molar-refractivity contribution in [3.8, 4) is 0 Å². The molecule has 0 bridgehead atoms. The van der Waals surface area contributed by atoms with Gasteiger partial charge in [0.05, 0.1) is 26.4 Å². The molecular weight excluding hydrogens is 1110 g/mol. The predicted octanol–water partition coefficient (Wildman–Crippen LogP) is 18.2. The molecule has 0 radical (unpaired) electrons. The van der Waals surface area contributed by atoms with E-state index in [1.54, 1.807) is 0 Å². The van der Waals surface area contributed by atoms with Crippen molar-refractivity contribution < 1.29 is 80.2 Å². The topological polar surface area (TPSA) is 237 Å². The zero-order valence-corrected chi connectivity index (χ0v) is 55.8. The number of carbonyl (C=O) groups excluding carboxylic acids is 4. The molecule has 0 heterocycles. The summed E-state index contributed by atoms with van der Waals surface area (Å²) in [6, 6.07) is 0. The average molecular weight is 1240 g/mol. The van der Waals surface area contributed by atoms with Gasteiger partial charge in [-0.1, -0.05) is 279 Å². The van der Waals surface area contributed by atoms with E-state index in [-0.39, 0.29) is 25.7 Å². The normalized spacial score (nSPS) is 14.2. The Hall–Kier alpha value is -1.94. The van der Waals surface area contributed by atoms with Crippen molar-refractivity contribution in [2.45, 2.75) is 348 Å². The van der Waals surface area contributed by atoms with Gasteiger partial charge in [0.2, 0.25) is 0 Å². The Labute approximate surface area is 511 Å². The molecule has 2 unspecified atom stereocenters. The Bertz CT molecular complexity index is 1640. The Morgan fingerprint density at radius 3 is 0.810 bits per heavy atom. The molecule has 0 aromatic carbocycles. The van der Waals surface area contributed by atoms with E-state index < -0.39 is 97.5 Å². The van der Waals surface area contributed by atoms with E-state index in [2.05, 4.69) is 34.6 Å². The molecular formula is C65H126O17P2. The van der Waals surface area contributed by atoms with Crippen molar-refractivity contribution in [2.75, 3.05) is 39.6 Å². The first kappa shape index (κ1) is 82.1. The molecule has 0 aliphatic rings. The Balaban J connectivity index is 5.11. The van der Waals surface area contributed by atoms with E-state index in [1.165, 1.54) is 141 Å². The summed E-state index contributed by atoms with van der Waals surface area (Å²) in [7, 11) is -9.87. The SMILES string of the molecule is CCCCCCCCCCCCCCC(=O)OC[C@H](COP(=O)(O)OC[C@@H](O)COP(=O)(O)OC[C@@H](COC(=O)CCCCCCC)OC(=O)CCCCCCCCCC)OC(=O)CCCCCCCCCCCCCCCCCCC(C)C. The first-order valence-corrected chi connectivity index (χ1v) is 37.1. The fourth-order valence-corrected chi connectivity index (χ4v) is 11.3. The molecule has 0 aliphatic carbocycles. The van der Waals surface area contributed by atoms with E-state index in [0.29, 0.717) is 25.7 Å². The summed E-state index contributed by atoms with van der Waals surface area (Å²) in [4.78, 5) is 71.9. The molecule has 0 aliphatic heterocycles. The van der Waals surface area contributed by atoms with Gasteiger partial charge < -0.3 is 33.8 Å². The molecule has 0 rings (SSSR count). The van der Waals surface area contributed by atoms with Gasteiger partial charge in [-0.2, -0.15) is 0 Å². The third-order valence-electron chi connectivity index (χ3n) is 15.0. The van der Waals surface area contributed by atoms with Gasteiger partial charge >= 0.3 is 39.5 Å². The summed E-state index contributed by atoms with van der Waals surface area (Å²) in [5.41, 5.74) is 0. The van der Waals surface area contributed by atoms with Crippen LogP contribution in [0, 0.1) is 5.92 Å². The zero-order valence-electron chi connectivity index (χ0n) is 54.0. The lowest BCUT2D eigenvalue weighted by molar-refractivity contribution is -0.161. The summed E-state index contributed by atoms with van der Waals surface area (Å²) in [6.45, 7) is 7.12. The van der Waals surface area contributed by atoms with Crippen LogP contribution in [0.15, 0.2) is 0 Å². The molecule has 498 valence electrons. The standard InChI is InChI=1S/C65H126O17P2/c1-6-9-12-15-17-19-20-28-31-35-39-44-49-63(68)76-55-61(82-65(70)51-46-41-36-32-29-26-24-22-21-23-25-27-30-33-38-42-47-58(4)5)57-80-84(73,74)78-53-59(66)52-77-83(71,72)79-56-60(54-75-62(67)48-43-37-14-11-8-3)81-64(69)50-45-40-34-18-16-13-10-7-2/h58-61,66H,6-57H2,1-5H3,(H,71,72)(H,73,74)/t59-,60+,61+/m0/s1. The first-order chi connectivity index (χ1) is 40.5. The van der Waals surface area contributed by atoms with Crippen LogP contribution in [0.4, 0.5) is 0 Å². The van der Waals surface area contributed by atoms with E-state index >= 15 is 0 Å². The first-order valence-electron chi connectivity index (χ1n) is 34.1. The van der Waals surface area contributed by atoms with Crippen LogP contribution in [-0.2, 0) is 65.4 Å². The van der Waals surface area contributed by atoms with Gasteiger partial charge in [-0.25, -0.2) is 9.13 Å². The van der Waals surface area contributed by atoms with Crippen molar-refractivity contribution >= 4 is 39.5 Å².